The van der Waals surface area contributed by atoms with E-state index < -0.39 is 0 Å². The zero-order valence-corrected chi connectivity index (χ0v) is 12.8. The number of hydrogen-bond acceptors (Lipinski definition) is 3. The molecule has 2 N–H and O–H groups in total. The van der Waals surface area contributed by atoms with Crippen LogP contribution < -0.4 is 10.6 Å². The highest BCUT2D eigenvalue weighted by atomic mass is 16.5. The van der Waals surface area contributed by atoms with E-state index >= 15 is 0 Å². The quantitative estimate of drug-likeness (QED) is 0.664. The minimum absolute atomic E-state index is 0.726. The van der Waals surface area contributed by atoms with Crippen molar-refractivity contribution in [3.8, 4) is 0 Å². The highest BCUT2D eigenvalue weighted by Crippen LogP contribution is 2.31. The summed E-state index contributed by atoms with van der Waals surface area (Å²) < 4.78 is 5.69. The molecule has 2 aliphatic rings. The maximum atomic E-state index is 5.69. The van der Waals surface area contributed by atoms with Crippen LogP contribution in [0.3, 0.4) is 0 Å². The zero-order chi connectivity index (χ0) is 13.5. The van der Waals surface area contributed by atoms with Gasteiger partial charge in [0.2, 0.25) is 0 Å². The lowest BCUT2D eigenvalue weighted by Crippen LogP contribution is -2.43. The van der Waals surface area contributed by atoms with Gasteiger partial charge in [0.25, 0.3) is 0 Å². The normalized spacial score (nSPS) is 31.4. The molecule has 2 rings (SSSR count). The van der Waals surface area contributed by atoms with Gasteiger partial charge in [0.05, 0.1) is 6.61 Å². The van der Waals surface area contributed by atoms with Crippen LogP contribution in [0.4, 0.5) is 0 Å². The van der Waals surface area contributed by atoms with E-state index in [2.05, 4.69) is 24.5 Å². The van der Waals surface area contributed by atoms with Crippen LogP contribution in [-0.4, -0.2) is 38.4 Å². The molecule has 19 heavy (non-hydrogen) atoms. The monoisotopic (exact) mass is 268 g/mol. The van der Waals surface area contributed by atoms with Crippen molar-refractivity contribution in [3.05, 3.63) is 0 Å². The van der Waals surface area contributed by atoms with Crippen molar-refractivity contribution >= 4 is 0 Å². The second kappa shape index (κ2) is 8.23. The van der Waals surface area contributed by atoms with E-state index in [1.165, 1.54) is 45.1 Å². The first kappa shape index (κ1) is 15.3. The fourth-order valence-electron chi connectivity index (χ4n) is 3.54. The van der Waals surface area contributed by atoms with Crippen LogP contribution in [-0.2, 0) is 4.74 Å². The van der Waals surface area contributed by atoms with Gasteiger partial charge in [-0.15, -0.1) is 0 Å². The molecule has 0 aromatic rings. The largest absolute Gasteiger partial charge is 0.380 e. The lowest BCUT2D eigenvalue weighted by atomic mass is 9.93. The molecule has 1 aliphatic heterocycles. The SMILES string of the molecule is CC(C)CCOCCNC1CCCC1C1CCCN1. The summed E-state index contributed by atoms with van der Waals surface area (Å²) >= 11 is 0. The highest BCUT2D eigenvalue weighted by molar-refractivity contribution is 4.93. The van der Waals surface area contributed by atoms with Gasteiger partial charge >= 0.3 is 0 Å². The summed E-state index contributed by atoms with van der Waals surface area (Å²) in [7, 11) is 0. The van der Waals surface area contributed by atoms with Gasteiger partial charge in [-0.25, -0.2) is 0 Å². The van der Waals surface area contributed by atoms with E-state index in [4.69, 9.17) is 4.74 Å². The Morgan fingerprint density at radius 2 is 2.05 bits per heavy atom. The molecule has 1 saturated carbocycles. The fourth-order valence-corrected chi connectivity index (χ4v) is 3.54. The van der Waals surface area contributed by atoms with E-state index in [0.29, 0.717) is 0 Å². The topological polar surface area (TPSA) is 33.3 Å². The number of rotatable bonds is 8. The minimum Gasteiger partial charge on any atom is -0.380 e. The summed E-state index contributed by atoms with van der Waals surface area (Å²) in [4.78, 5) is 0. The first-order chi connectivity index (χ1) is 9.27. The minimum atomic E-state index is 0.726. The van der Waals surface area contributed by atoms with Gasteiger partial charge in [-0.1, -0.05) is 20.3 Å². The van der Waals surface area contributed by atoms with Crippen LogP contribution in [0, 0.1) is 11.8 Å². The molecule has 112 valence electrons. The lowest BCUT2D eigenvalue weighted by molar-refractivity contribution is 0.121. The molecular weight excluding hydrogens is 236 g/mol. The molecule has 0 spiro atoms. The molecule has 3 heteroatoms. The third-order valence-corrected chi connectivity index (χ3v) is 4.68. The van der Waals surface area contributed by atoms with E-state index in [1.807, 2.05) is 0 Å². The summed E-state index contributed by atoms with van der Waals surface area (Å²) in [5.74, 6) is 1.61. The van der Waals surface area contributed by atoms with Crippen molar-refractivity contribution in [2.75, 3.05) is 26.3 Å². The maximum Gasteiger partial charge on any atom is 0.0591 e. The Kier molecular flexibility index (Phi) is 6.62. The number of ether oxygens (including phenoxy) is 1. The Hall–Kier alpha value is -0.120. The molecule has 1 saturated heterocycles. The molecule has 3 unspecified atom stereocenters. The predicted octanol–water partition coefficient (Wildman–Crippen LogP) is 2.56. The summed E-state index contributed by atoms with van der Waals surface area (Å²) in [5, 5.41) is 7.41. The third-order valence-electron chi connectivity index (χ3n) is 4.68. The fraction of sp³-hybridized carbons (Fsp3) is 1.00. The molecule has 3 nitrogen and oxygen atoms in total. The maximum absolute atomic E-state index is 5.69. The Labute approximate surface area is 118 Å². The lowest BCUT2D eigenvalue weighted by Gasteiger charge is -2.26. The molecule has 0 amide bonds. The Balaban J connectivity index is 1.56. The summed E-state index contributed by atoms with van der Waals surface area (Å²) in [6, 6.07) is 1.51. The molecule has 0 aromatic carbocycles. The van der Waals surface area contributed by atoms with E-state index in [-0.39, 0.29) is 0 Å². The molecule has 0 radical (unpaired) electrons. The average Bonchev–Trinajstić information content (AvgIpc) is 3.03. The average molecular weight is 268 g/mol. The predicted molar refractivity (Wildman–Crippen MR) is 80.4 cm³/mol. The Bertz CT molecular complexity index is 239. The Morgan fingerprint density at radius 1 is 1.16 bits per heavy atom. The molecule has 1 heterocycles. The van der Waals surface area contributed by atoms with Crippen LogP contribution in [0.1, 0.15) is 52.4 Å². The van der Waals surface area contributed by atoms with Gasteiger partial charge < -0.3 is 15.4 Å². The van der Waals surface area contributed by atoms with Gasteiger partial charge in [0.15, 0.2) is 0 Å². The van der Waals surface area contributed by atoms with Crippen molar-refractivity contribution in [2.45, 2.75) is 64.5 Å². The van der Waals surface area contributed by atoms with Crippen LogP contribution >= 0.6 is 0 Å². The van der Waals surface area contributed by atoms with Crippen LogP contribution in [0.15, 0.2) is 0 Å². The second-order valence-corrected chi connectivity index (χ2v) is 6.65. The third kappa shape index (κ3) is 5.05. The van der Waals surface area contributed by atoms with E-state index in [1.54, 1.807) is 0 Å². The van der Waals surface area contributed by atoms with Gasteiger partial charge in [-0.3, -0.25) is 0 Å². The van der Waals surface area contributed by atoms with Crippen molar-refractivity contribution in [1.29, 1.82) is 0 Å². The molecule has 2 fully saturated rings. The van der Waals surface area contributed by atoms with E-state index in [0.717, 1.165) is 43.7 Å². The van der Waals surface area contributed by atoms with Crippen molar-refractivity contribution in [1.82, 2.24) is 10.6 Å². The van der Waals surface area contributed by atoms with Crippen molar-refractivity contribution in [2.24, 2.45) is 11.8 Å². The summed E-state index contributed by atoms with van der Waals surface area (Å²) in [5.41, 5.74) is 0. The number of hydrogen-bond donors (Lipinski definition) is 2. The summed E-state index contributed by atoms with van der Waals surface area (Å²) in [6.07, 6.45) is 8.09. The van der Waals surface area contributed by atoms with Crippen LogP contribution in [0.25, 0.3) is 0 Å². The first-order valence-corrected chi connectivity index (χ1v) is 8.32. The summed E-state index contributed by atoms with van der Waals surface area (Å²) in [6.45, 7) is 8.53. The molecular formula is C16H32N2O. The second-order valence-electron chi connectivity index (χ2n) is 6.65. The van der Waals surface area contributed by atoms with E-state index in [9.17, 15) is 0 Å². The standard InChI is InChI=1S/C16H32N2O/c1-13(2)8-11-19-12-10-18-15-6-3-5-14(15)16-7-4-9-17-16/h13-18H,3-12H2,1-2H3. The van der Waals surface area contributed by atoms with Crippen molar-refractivity contribution < 1.29 is 4.74 Å². The van der Waals surface area contributed by atoms with Gasteiger partial charge in [0, 0.05) is 25.2 Å². The van der Waals surface area contributed by atoms with Gasteiger partial charge in [-0.05, 0) is 50.5 Å². The zero-order valence-electron chi connectivity index (χ0n) is 12.8. The highest BCUT2D eigenvalue weighted by Gasteiger charge is 2.34. The number of nitrogens with one attached hydrogen (secondary N) is 2. The van der Waals surface area contributed by atoms with Crippen LogP contribution in [0.5, 0.6) is 0 Å². The first-order valence-electron chi connectivity index (χ1n) is 8.32. The molecule has 0 bridgehead atoms. The van der Waals surface area contributed by atoms with Crippen molar-refractivity contribution in [3.63, 3.8) is 0 Å². The molecule has 3 atom stereocenters. The Morgan fingerprint density at radius 3 is 2.79 bits per heavy atom. The van der Waals surface area contributed by atoms with Crippen LogP contribution in [0.2, 0.25) is 0 Å². The van der Waals surface area contributed by atoms with Gasteiger partial charge in [-0.2, -0.15) is 0 Å². The molecule has 1 aliphatic carbocycles. The van der Waals surface area contributed by atoms with Gasteiger partial charge in [0.1, 0.15) is 0 Å². The smallest absolute Gasteiger partial charge is 0.0591 e. The molecule has 0 aromatic heterocycles.